The zero-order valence-electron chi connectivity index (χ0n) is 22.3. The highest BCUT2D eigenvalue weighted by atomic mass is 79.9. The standard InChI is InChI=1S/C30H40BrN3O4/c1-2-3-4-5-6-7-8-9-10-11-12-17-28(35)32-23-29(36)34-33-22-24-18-20-25(21-19-24)38-30(37)26-15-13-14-16-27(26)31/h13-16,18-22H,2-12,17,23H2,1H3,(H,32,35)(H,34,36). The lowest BCUT2D eigenvalue weighted by molar-refractivity contribution is -0.126. The number of hydrogen-bond acceptors (Lipinski definition) is 5. The fourth-order valence-electron chi connectivity index (χ4n) is 3.85. The van der Waals surface area contributed by atoms with E-state index in [2.05, 4.69) is 38.7 Å². The van der Waals surface area contributed by atoms with Crippen LogP contribution in [-0.2, 0) is 9.59 Å². The van der Waals surface area contributed by atoms with Crippen molar-refractivity contribution in [2.24, 2.45) is 5.10 Å². The van der Waals surface area contributed by atoms with Crippen molar-refractivity contribution in [3.8, 4) is 5.75 Å². The topological polar surface area (TPSA) is 96.9 Å². The summed E-state index contributed by atoms with van der Waals surface area (Å²) in [5.74, 6) is -0.579. The number of benzene rings is 2. The monoisotopic (exact) mass is 585 g/mol. The molecule has 0 bridgehead atoms. The smallest absolute Gasteiger partial charge is 0.344 e. The summed E-state index contributed by atoms with van der Waals surface area (Å²) < 4.78 is 6.04. The molecule has 2 amide bonds. The molecule has 0 atom stereocenters. The minimum atomic E-state index is -0.461. The molecule has 0 unspecified atom stereocenters. The Morgan fingerprint density at radius 2 is 1.42 bits per heavy atom. The highest BCUT2D eigenvalue weighted by Crippen LogP contribution is 2.19. The lowest BCUT2D eigenvalue weighted by Gasteiger charge is -2.06. The van der Waals surface area contributed by atoms with Crippen molar-refractivity contribution < 1.29 is 19.1 Å². The summed E-state index contributed by atoms with van der Waals surface area (Å²) in [5, 5.41) is 6.54. The van der Waals surface area contributed by atoms with E-state index >= 15 is 0 Å². The van der Waals surface area contributed by atoms with Crippen molar-refractivity contribution in [2.75, 3.05) is 6.54 Å². The number of amides is 2. The highest BCUT2D eigenvalue weighted by molar-refractivity contribution is 9.10. The minimum absolute atomic E-state index is 0.113. The molecule has 0 spiro atoms. The second-order valence-corrected chi connectivity index (χ2v) is 10.1. The molecule has 2 aromatic carbocycles. The Hall–Kier alpha value is -3.00. The van der Waals surface area contributed by atoms with Gasteiger partial charge in [-0.25, -0.2) is 10.2 Å². The minimum Gasteiger partial charge on any atom is -0.423 e. The van der Waals surface area contributed by atoms with Crippen LogP contribution in [0.15, 0.2) is 58.1 Å². The summed E-state index contributed by atoms with van der Waals surface area (Å²) in [4.78, 5) is 36.2. The van der Waals surface area contributed by atoms with E-state index in [4.69, 9.17) is 4.74 Å². The third kappa shape index (κ3) is 13.5. The number of hydrogen-bond donors (Lipinski definition) is 2. The Morgan fingerprint density at radius 1 is 0.816 bits per heavy atom. The number of esters is 1. The number of nitrogens with zero attached hydrogens (tertiary/aromatic N) is 1. The van der Waals surface area contributed by atoms with E-state index in [1.54, 1.807) is 42.5 Å². The molecule has 0 radical (unpaired) electrons. The molecular weight excluding hydrogens is 546 g/mol. The molecule has 0 aliphatic heterocycles. The van der Waals surface area contributed by atoms with Crippen molar-refractivity contribution in [1.82, 2.24) is 10.7 Å². The predicted octanol–water partition coefficient (Wildman–Crippen LogP) is 6.94. The van der Waals surface area contributed by atoms with Crippen LogP contribution < -0.4 is 15.5 Å². The van der Waals surface area contributed by atoms with Crippen LogP contribution in [0.1, 0.15) is 99.9 Å². The van der Waals surface area contributed by atoms with E-state index < -0.39 is 11.9 Å². The predicted molar refractivity (Wildman–Crippen MR) is 155 cm³/mol. The van der Waals surface area contributed by atoms with Gasteiger partial charge in [0.05, 0.1) is 18.3 Å². The van der Waals surface area contributed by atoms with Gasteiger partial charge in [-0.05, 0) is 64.3 Å². The van der Waals surface area contributed by atoms with Gasteiger partial charge in [0.25, 0.3) is 5.91 Å². The van der Waals surface area contributed by atoms with E-state index in [1.807, 2.05) is 6.07 Å². The van der Waals surface area contributed by atoms with Crippen LogP contribution in [0.5, 0.6) is 5.75 Å². The van der Waals surface area contributed by atoms with Crippen LogP contribution in [0.3, 0.4) is 0 Å². The number of unbranched alkanes of at least 4 members (excludes halogenated alkanes) is 10. The second kappa shape index (κ2) is 19.1. The van der Waals surface area contributed by atoms with Gasteiger partial charge in [-0.15, -0.1) is 0 Å². The Kier molecular flexibility index (Phi) is 15.7. The molecular formula is C30H40BrN3O4. The Labute approximate surface area is 234 Å². The van der Waals surface area contributed by atoms with Crippen LogP contribution >= 0.6 is 15.9 Å². The third-order valence-electron chi connectivity index (χ3n) is 6.04. The number of nitrogens with one attached hydrogen (secondary N) is 2. The normalized spacial score (nSPS) is 10.9. The lowest BCUT2D eigenvalue weighted by Crippen LogP contribution is -2.34. The van der Waals surface area contributed by atoms with Crippen LogP contribution in [0.2, 0.25) is 0 Å². The molecule has 0 fully saturated rings. The van der Waals surface area contributed by atoms with Crippen LogP contribution in [0.25, 0.3) is 0 Å². The van der Waals surface area contributed by atoms with Crippen molar-refractivity contribution in [3.63, 3.8) is 0 Å². The average Bonchev–Trinajstić information content (AvgIpc) is 2.91. The SMILES string of the molecule is CCCCCCCCCCCCCC(=O)NCC(=O)NN=Cc1ccc(OC(=O)c2ccccc2Br)cc1. The number of rotatable bonds is 18. The number of hydrazone groups is 1. The van der Waals surface area contributed by atoms with Gasteiger partial charge >= 0.3 is 5.97 Å². The summed E-state index contributed by atoms with van der Waals surface area (Å²) in [5.41, 5.74) is 3.55. The van der Waals surface area contributed by atoms with E-state index in [9.17, 15) is 14.4 Å². The van der Waals surface area contributed by atoms with E-state index in [1.165, 1.54) is 57.6 Å². The molecule has 38 heavy (non-hydrogen) atoms. The first kappa shape index (κ1) is 31.2. The fourth-order valence-corrected chi connectivity index (χ4v) is 4.29. The van der Waals surface area contributed by atoms with Crippen molar-refractivity contribution >= 4 is 39.9 Å². The van der Waals surface area contributed by atoms with Crippen LogP contribution in [-0.4, -0.2) is 30.5 Å². The maximum atomic E-state index is 12.3. The first-order valence-corrected chi connectivity index (χ1v) is 14.4. The van der Waals surface area contributed by atoms with Gasteiger partial charge in [0.2, 0.25) is 5.91 Å². The van der Waals surface area contributed by atoms with E-state index in [-0.39, 0.29) is 12.5 Å². The van der Waals surface area contributed by atoms with Gasteiger partial charge in [-0.1, -0.05) is 83.3 Å². The summed E-state index contributed by atoms with van der Waals surface area (Å²) in [6, 6.07) is 13.8. The first-order valence-electron chi connectivity index (χ1n) is 13.6. The third-order valence-corrected chi connectivity index (χ3v) is 6.73. The zero-order valence-corrected chi connectivity index (χ0v) is 23.9. The molecule has 7 nitrogen and oxygen atoms in total. The molecule has 0 saturated heterocycles. The molecule has 0 heterocycles. The van der Waals surface area contributed by atoms with Crippen molar-refractivity contribution in [2.45, 2.75) is 84.0 Å². The maximum Gasteiger partial charge on any atom is 0.344 e. The van der Waals surface area contributed by atoms with E-state index in [0.717, 1.165) is 19.3 Å². The summed E-state index contributed by atoms with van der Waals surface area (Å²) in [7, 11) is 0. The van der Waals surface area contributed by atoms with Gasteiger partial charge in [0, 0.05) is 10.9 Å². The highest BCUT2D eigenvalue weighted by Gasteiger charge is 2.11. The molecule has 8 heteroatoms. The molecule has 0 aromatic heterocycles. The van der Waals surface area contributed by atoms with Gasteiger partial charge in [-0.3, -0.25) is 9.59 Å². The molecule has 2 aromatic rings. The maximum absolute atomic E-state index is 12.3. The van der Waals surface area contributed by atoms with Gasteiger partial charge in [0.1, 0.15) is 5.75 Å². The van der Waals surface area contributed by atoms with Gasteiger partial charge in [0.15, 0.2) is 0 Å². The molecule has 0 aliphatic carbocycles. The molecule has 2 rings (SSSR count). The first-order chi connectivity index (χ1) is 18.5. The van der Waals surface area contributed by atoms with Gasteiger partial charge < -0.3 is 10.1 Å². The van der Waals surface area contributed by atoms with Crippen LogP contribution in [0.4, 0.5) is 0 Å². The van der Waals surface area contributed by atoms with Crippen molar-refractivity contribution in [3.05, 3.63) is 64.1 Å². The molecule has 0 aliphatic rings. The Bertz CT molecular complexity index is 1020. The zero-order chi connectivity index (χ0) is 27.4. The molecule has 0 saturated carbocycles. The molecule has 206 valence electrons. The summed E-state index contributed by atoms with van der Waals surface area (Å²) in [6.45, 7) is 2.13. The quantitative estimate of drug-likeness (QED) is 0.0651. The van der Waals surface area contributed by atoms with Crippen LogP contribution in [0, 0.1) is 0 Å². The lowest BCUT2D eigenvalue weighted by atomic mass is 10.1. The summed E-state index contributed by atoms with van der Waals surface area (Å²) >= 11 is 3.34. The Morgan fingerprint density at radius 3 is 2.05 bits per heavy atom. The molecule has 2 N–H and O–H groups in total. The number of carbonyl (C=O) groups excluding carboxylic acids is 3. The summed E-state index contributed by atoms with van der Waals surface area (Å²) in [6.07, 6.45) is 15.5. The van der Waals surface area contributed by atoms with E-state index in [0.29, 0.717) is 27.8 Å². The average molecular weight is 587 g/mol. The Balaban J connectivity index is 1.54. The number of carbonyl (C=O) groups is 3. The van der Waals surface area contributed by atoms with Gasteiger partial charge in [-0.2, -0.15) is 5.10 Å². The van der Waals surface area contributed by atoms with Crippen molar-refractivity contribution in [1.29, 1.82) is 0 Å². The number of halogens is 1. The second-order valence-electron chi connectivity index (χ2n) is 9.29. The number of ether oxygens (including phenoxy) is 1. The fraction of sp³-hybridized carbons (Fsp3) is 0.467. The largest absolute Gasteiger partial charge is 0.423 e.